The first-order chi connectivity index (χ1) is 4.29. The van der Waals surface area contributed by atoms with Crippen LogP contribution in [0.3, 0.4) is 0 Å². The second-order valence-electron chi connectivity index (χ2n) is 1.93. The molecule has 0 radical (unpaired) electrons. The van der Waals surface area contributed by atoms with Gasteiger partial charge in [-0.3, -0.25) is 0 Å². The molecular weight excluding hydrogens is 118 g/mol. The van der Waals surface area contributed by atoms with Crippen LogP contribution in [0.4, 0.5) is 0 Å². The van der Waals surface area contributed by atoms with E-state index in [1.807, 2.05) is 0 Å². The smallest absolute Gasteiger partial charge is 0.0863 e. The third-order valence-electron chi connectivity index (χ3n) is 0.894. The van der Waals surface area contributed by atoms with Crippen LogP contribution in [-0.2, 0) is 6.54 Å². The lowest BCUT2D eigenvalue weighted by Gasteiger charge is -2.00. The van der Waals surface area contributed by atoms with E-state index in [1.54, 1.807) is 19.3 Å². The first-order valence-corrected chi connectivity index (χ1v) is 2.81. The molecule has 1 heterocycles. The van der Waals surface area contributed by atoms with Gasteiger partial charge in [-0.05, 0) is 6.92 Å². The van der Waals surface area contributed by atoms with Crippen LogP contribution in [0.1, 0.15) is 6.92 Å². The van der Waals surface area contributed by atoms with E-state index in [0.29, 0.717) is 6.54 Å². The van der Waals surface area contributed by atoms with Gasteiger partial charge in [0.05, 0.1) is 25.0 Å². The van der Waals surface area contributed by atoms with Crippen molar-refractivity contribution >= 4 is 0 Å². The number of rotatable bonds is 2. The zero-order valence-electron chi connectivity index (χ0n) is 5.23. The van der Waals surface area contributed by atoms with Crippen molar-refractivity contribution in [2.24, 2.45) is 0 Å². The fourth-order valence-electron chi connectivity index (χ4n) is 0.574. The molecule has 0 bridgehead atoms. The molecule has 0 spiro atoms. The van der Waals surface area contributed by atoms with Gasteiger partial charge in [0.2, 0.25) is 0 Å². The highest BCUT2D eigenvalue weighted by molar-refractivity contribution is 4.60. The fraction of sp³-hybridized carbons (Fsp3) is 0.600. The normalized spacial score (nSPS) is 13.6. The molecule has 1 atom stereocenters. The van der Waals surface area contributed by atoms with E-state index < -0.39 is 0 Å². The SMILES string of the molecule is CC(O)Cn1nccn1. The monoisotopic (exact) mass is 127 g/mol. The Hall–Kier alpha value is -0.900. The Kier molecular flexibility index (Phi) is 1.79. The summed E-state index contributed by atoms with van der Waals surface area (Å²) in [5.41, 5.74) is 0. The van der Waals surface area contributed by atoms with E-state index in [4.69, 9.17) is 5.11 Å². The summed E-state index contributed by atoms with van der Waals surface area (Å²) >= 11 is 0. The summed E-state index contributed by atoms with van der Waals surface area (Å²) in [6.07, 6.45) is 2.79. The predicted molar refractivity (Wildman–Crippen MR) is 31.7 cm³/mol. The van der Waals surface area contributed by atoms with Gasteiger partial charge in [0.15, 0.2) is 0 Å². The third kappa shape index (κ3) is 1.81. The largest absolute Gasteiger partial charge is 0.391 e. The maximum absolute atomic E-state index is 8.82. The van der Waals surface area contributed by atoms with Gasteiger partial charge in [-0.25, -0.2) is 0 Å². The average molecular weight is 127 g/mol. The van der Waals surface area contributed by atoms with Gasteiger partial charge < -0.3 is 5.11 Å². The third-order valence-corrected chi connectivity index (χ3v) is 0.894. The maximum atomic E-state index is 8.82. The summed E-state index contributed by atoms with van der Waals surface area (Å²) in [7, 11) is 0. The topological polar surface area (TPSA) is 50.9 Å². The van der Waals surface area contributed by atoms with Gasteiger partial charge in [-0.1, -0.05) is 0 Å². The van der Waals surface area contributed by atoms with Crippen LogP contribution in [0.2, 0.25) is 0 Å². The standard InChI is InChI=1S/C5H9N3O/c1-5(9)4-8-6-2-3-7-8/h2-3,5,9H,4H2,1H3. The first kappa shape index (κ1) is 6.22. The molecule has 1 aromatic rings. The molecule has 0 fully saturated rings. The van der Waals surface area contributed by atoms with Crippen molar-refractivity contribution in [3.05, 3.63) is 12.4 Å². The fourth-order valence-corrected chi connectivity index (χ4v) is 0.574. The Morgan fingerprint density at radius 1 is 1.56 bits per heavy atom. The van der Waals surface area contributed by atoms with Crippen LogP contribution < -0.4 is 0 Å². The van der Waals surface area contributed by atoms with Gasteiger partial charge in [0, 0.05) is 0 Å². The van der Waals surface area contributed by atoms with Crippen molar-refractivity contribution in [2.45, 2.75) is 19.6 Å². The number of hydrogen-bond donors (Lipinski definition) is 1. The number of aliphatic hydroxyl groups excluding tert-OH is 1. The minimum Gasteiger partial charge on any atom is -0.391 e. The molecule has 0 aliphatic carbocycles. The van der Waals surface area contributed by atoms with Crippen molar-refractivity contribution in [2.75, 3.05) is 0 Å². The lowest BCUT2D eigenvalue weighted by atomic mass is 10.4. The van der Waals surface area contributed by atoms with Crippen molar-refractivity contribution in [3.63, 3.8) is 0 Å². The molecule has 0 saturated carbocycles. The Balaban J connectivity index is 2.48. The highest BCUT2D eigenvalue weighted by atomic mass is 16.3. The van der Waals surface area contributed by atoms with Crippen LogP contribution in [0.15, 0.2) is 12.4 Å². The number of hydrogen-bond acceptors (Lipinski definition) is 3. The highest BCUT2D eigenvalue weighted by Crippen LogP contribution is 1.83. The molecule has 1 unspecified atom stereocenters. The van der Waals surface area contributed by atoms with Crippen molar-refractivity contribution in [1.29, 1.82) is 0 Å². The van der Waals surface area contributed by atoms with Gasteiger partial charge in [-0.15, -0.1) is 0 Å². The van der Waals surface area contributed by atoms with Crippen LogP contribution in [-0.4, -0.2) is 26.2 Å². The second kappa shape index (κ2) is 2.59. The second-order valence-corrected chi connectivity index (χ2v) is 1.93. The van der Waals surface area contributed by atoms with Crippen LogP contribution in [0, 0.1) is 0 Å². The lowest BCUT2D eigenvalue weighted by molar-refractivity contribution is 0.162. The molecule has 50 valence electrons. The van der Waals surface area contributed by atoms with Crippen molar-refractivity contribution < 1.29 is 5.11 Å². The average Bonchev–Trinajstić information content (AvgIpc) is 2.15. The molecule has 0 amide bonds. The Morgan fingerprint density at radius 2 is 2.11 bits per heavy atom. The number of nitrogens with zero attached hydrogens (tertiary/aromatic N) is 3. The summed E-state index contributed by atoms with van der Waals surface area (Å²) in [4.78, 5) is 1.45. The minimum absolute atomic E-state index is 0.377. The van der Waals surface area contributed by atoms with E-state index in [2.05, 4.69) is 10.2 Å². The van der Waals surface area contributed by atoms with E-state index >= 15 is 0 Å². The zero-order chi connectivity index (χ0) is 6.69. The molecule has 0 aliphatic heterocycles. The quantitative estimate of drug-likeness (QED) is 0.591. The van der Waals surface area contributed by atoms with E-state index in [-0.39, 0.29) is 6.10 Å². The Bertz CT molecular complexity index is 159. The van der Waals surface area contributed by atoms with E-state index in [1.165, 1.54) is 4.80 Å². The zero-order valence-corrected chi connectivity index (χ0v) is 5.23. The first-order valence-electron chi connectivity index (χ1n) is 2.81. The minimum atomic E-state index is -0.377. The summed E-state index contributed by atoms with van der Waals surface area (Å²) in [5.74, 6) is 0. The molecule has 1 N–H and O–H groups in total. The van der Waals surface area contributed by atoms with Crippen molar-refractivity contribution in [1.82, 2.24) is 15.0 Å². The molecule has 0 saturated heterocycles. The molecule has 1 rings (SSSR count). The van der Waals surface area contributed by atoms with E-state index in [9.17, 15) is 0 Å². The summed E-state index contributed by atoms with van der Waals surface area (Å²) in [6, 6.07) is 0. The van der Waals surface area contributed by atoms with Gasteiger partial charge in [0.1, 0.15) is 0 Å². The molecule has 4 nitrogen and oxygen atoms in total. The Morgan fingerprint density at radius 3 is 2.56 bits per heavy atom. The summed E-state index contributed by atoms with van der Waals surface area (Å²) in [6.45, 7) is 2.16. The highest BCUT2D eigenvalue weighted by Gasteiger charge is 1.96. The Labute approximate surface area is 53.1 Å². The number of aromatic nitrogens is 3. The van der Waals surface area contributed by atoms with Crippen molar-refractivity contribution in [3.8, 4) is 0 Å². The molecule has 4 heteroatoms. The summed E-state index contributed by atoms with van der Waals surface area (Å²) in [5, 5.41) is 16.4. The van der Waals surface area contributed by atoms with Crippen LogP contribution in [0.5, 0.6) is 0 Å². The molecule has 0 aromatic carbocycles. The molecule has 0 aliphatic rings. The molecule has 9 heavy (non-hydrogen) atoms. The molecular formula is C5H9N3O. The lowest BCUT2D eigenvalue weighted by Crippen LogP contribution is -2.13. The summed E-state index contributed by atoms with van der Waals surface area (Å²) < 4.78 is 0. The van der Waals surface area contributed by atoms with Crippen LogP contribution >= 0.6 is 0 Å². The number of aliphatic hydroxyl groups is 1. The maximum Gasteiger partial charge on any atom is 0.0863 e. The van der Waals surface area contributed by atoms with Gasteiger partial charge in [0.25, 0.3) is 0 Å². The van der Waals surface area contributed by atoms with E-state index in [0.717, 1.165) is 0 Å². The van der Waals surface area contributed by atoms with Crippen LogP contribution in [0.25, 0.3) is 0 Å². The predicted octanol–water partition coefficient (Wildman–Crippen LogP) is -0.341. The van der Waals surface area contributed by atoms with Gasteiger partial charge in [-0.2, -0.15) is 15.0 Å². The molecule has 1 aromatic heterocycles. The van der Waals surface area contributed by atoms with Gasteiger partial charge >= 0.3 is 0 Å².